The van der Waals surface area contributed by atoms with Crippen molar-refractivity contribution < 1.29 is 14.3 Å². The fourth-order valence-electron chi connectivity index (χ4n) is 2.14. The van der Waals surface area contributed by atoms with Gasteiger partial charge in [0.15, 0.2) is 0 Å². The molecule has 0 heterocycles. The van der Waals surface area contributed by atoms with E-state index in [9.17, 15) is 4.79 Å². The minimum atomic E-state index is -0.362. The molecule has 0 bridgehead atoms. The van der Waals surface area contributed by atoms with Crippen LogP contribution in [0, 0.1) is 13.8 Å². The molecule has 5 nitrogen and oxygen atoms in total. The fourth-order valence-corrected chi connectivity index (χ4v) is 2.47. The van der Waals surface area contributed by atoms with Gasteiger partial charge in [0.05, 0.1) is 24.4 Å². The van der Waals surface area contributed by atoms with E-state index in [1.165, 1.54) is 7.11 Å². The van der Waals surface area contributed by atoms with Crippen LogP contribution in [0.5, 0.6) is 11.5 Å². The van der Waals surface area contributed by atoms with Crippen LogP contribution in [-0.4, -0.2) is 26.3 Å². The lowest BCUT2D eigenvalue weighted by Crippen LogP contribution is -2.32. The van der Waals surface area contributed by atoms with Crippen molar-refractivity contribution in [2.45, 2.75) is 13.8 Å². The van der Waals surface area contributed by atoms with Crippen LogP contribution in [0.2, 0.25) is 10.0 Å². The summed E-state index contributed by atoms with van der Waals surface area (Å²) < 4.78 is 10.8. The first-order valence-corrected chi connectivity index (χ1v) is 8.44. The van der Waals surface area contributed by atoms with Gasteiger partial charge in [-0.05, 0) is 43.2 Å². The van der Waals surface area contributed by atoms with Crippen molar-refractivity contribution in [3.63, 3.8) is 0 Å². The first kappa shape index (κ1) is 19.2. The van der Waals surface area contributed by atoms with E-state index in [1.807, 2.05) is 26.0 Å². The Bertz CT molecular complexity index is 766. The van der Waals surface area contributed by atoms with Crippen LogP contribution in [-0.2, 0) is 0 Å². The highest BCUT2D eigenvalue weighted by molar-refractivity contribution is 6.32. The number of methoxy groups -OCH3 is 1. The Kier molecular flexibility index (Phi) is 6.79. The molecule has 2 aromatic rings. The highest BCUT2D eigenvalue weighted by atomic mass is 35.5. The maximum Gasteiger partial charge on any atom is 0.319 e. The minimum Gasteiger partial charge on any atom is -0.495 e. The largest absolute Gasteiger partial charge is 0.495 e. The summed E-state index contributed by atoms with van der Waals surface area (Å²) in [7, 11) is 1.52. The third kappa shape index (κ3) is 5.44. The molecule has 0 aliphatic rings. The van der Waals surface area contributed by atoms with Gasteiger partial charge in [0, 0.05) is 11.1 Å². The highest BCUT2D eigenvalue weighted by Gasteiger charge is 2.10. The minimum absolute atomic E-state index is 0.299. The molecule has 0 aromatic heterocycles. The van der Waals surface area contributed by atoms with Gasteiger partial charge in [-0.15, -0.1) is 0 Å². The van der Waals surface area contributed by atoms with Crippen LogP contribution in [0.3, 0.4) is 0 Å². The summed E-state index contributed by atoms with van der Waals surface area (Å²) in [6, 6.07) is 8.59. The summed E-state index contributed by atoms with van der Waals surface area (Å²) in [6.07, 6.45) is 0. The van der Waals surface area contributed by atoms with Crippen molar-refractivity contribution in [1.82, 2.24) is 5.32 Å². The van der Waals surface area contributed by atoms with Crippen molar-refractivity contribution in [2.75, 3.05) is 25.6 Å². The van der Waals surface area contributed by atoms with E-state index in [-0.39, 0.29) is 6.03 Å². The highest BCUT2D eigenvalue weighted by Crippen LogP contribution is 2.30. The lowest BCUT2D eigenvalue weighted by molar-refractivity contribution is 0.247. The molecule has 2 N–H and O–H groups in total. The maximum absolute atomic E-state index is 12.0. The van der Waals surface area contributed by atoms with Crippen LogP contribution in [0.25, 0.3) is 0 Å². The summed E-state index contributed by atoms with van der Waals surface area (Å²) in [5.74, 6) is 1.09. The van der Waals surface area contributed by atoms with Gasteiger partial charge in [-0.25, -0.2) is 4.79 Å². The normalized spacial score (nSPS) is 10.3. The number of hydrogen-bond acceptors (Lipinski definition) is 3. The molecule has 0 spiro atoms. The Morgan fingerprint density at radius 2 is 1.84 bits per heavy atom. The van der Waals surface area contributed by atoms with Crippen LogP contribution in [0.1, 0.15) is 11.1 Å². The number of rotatable bonds is 6. The number of amides is 2. The third-order valence-corrected chi connectivity index (χ3v) is 4.18. The van der Waals surface area contributed by atoms with Crippen molar-refractivity contribution in [3.8, 4) is 11.5 Å². The van der Waals surface area contributed by atoms with Crippen LogP contribution in [0.4, 0.5) is 10.5 Å². The summed E-state index contributed by atoms with van der Waals surface area (Å²) in [5.41, 5.74) is 2.44. The Morgan fingerprint density at radius 3 is 2.56 bits per heavy atom. The molecule has 0 unspecified atom stereocenters. The monoisotopic (exact) mass is 382 g/mol. The van der Waals surface area contributed by atoms with Gasteiger partial charge < -0.3 is 20.1 Å². The van der Waals surface area contributed by atoms with E-state index in [2.05, 4.69) is 10.6 Å². The zero-order valence-electron chi connectivity index (χ0n) is 14.3. The van der Waals surface area contributed by atoms with Crippen LogP contribution < -0.4 is 20.1 Å². The summed E-state index contributed by atoms with van der Waals surface area (Å²) in [6.45, 7) is 4.43. The number of nitrogens with one attached hydrogen (secondary N) is 2. The third-order valence-electron chi connectivity index (χ3n) is 3.46. The van der Waals surface area contributed by atoms with Gasteiger partial charge in [-0.3, -0.25) is 0 Å². The van der Waals surface area contributed by atoms with E-state index in [4.69, 9.17) is 32.7 Å². The number of halogens is 2. The van der Waals surface area contributed by atoms with Gasteiger partial charge in [-0.2, -0.15) is 0 Å². The number of aryl methyl sites for hydroxylation is 2. The van der Waals surface area contributed by atoms with E-state index in [0.29, 0.717) is 40.4 Å². The van der Waals surface area contributed by atoms with Gasteiger partial charge in [0.2, 0.25) is 0 Å². The molecule has 2 amide bonds. The molecule has 0 saturated heterocycles. The van der Waals surface area contributed by atoms with Crippen LogP contribution in [0.15, 0.2) is 30.3 Å². The Balaban J connectivity index is 1.85. The van der Waals surface area contributed by atoms with Crippen molar-refractivity contribution in [2.24, 2.45) is 0 Å². The van der Waals surface area contributed by atoms with Crippen molar-refractivity contribution in [3.05, 3.63) is 51.5 Å². The van der Waals surface area contributed by atoms with Gasteiger partial charge in [-0.1, -0.05) is 29.3 Å². The number of benzene rings is 2. The Morgan fingerprint density at radius 1 is 1.08 bits per heavy atom. The zero-order chi connectivity index (χ0) is 18.4. The summed E-state index contributed by atoms with van der Waals surface area (Å²) in [5, 5.41) is 6.56. The van der Waals surface area contributed by atoms with Gasteiger partial charge >= 0.3 is 6.03 Å². The first-order chi connectivity index (χ1) is 11.9. The topological polar surface area (TPSA) is 59.6 Å². The van der Waals surface area contributed by atoms with E-state index in [0.717, 1.165) is 11.1 Å². The molecule has 134 valence electrons. The average Bonchev–Trinajstić information content (AvgIpc) is 2.57. The molecule has 0 atom stereocenters. The predicted molar refractivity (Wildman–Crippen MR) is 101 cm³/mol. The Hall–Kier alpha value is -2.11. The second-order valence-corrected chi connectivity index (χ2v) is 6.28. The molecule has 25 heavy (non-hydrogen) atoms. The SMILES string of the molecule is COc1cc(Cl)c(C)cc1NC(=O)NCCOc1cc(C)ccc1Cl. The summed E-state index contributed by atoms with van der Waals surface area (Å²) >= 11 is 12.1. The Labute approximate surface area is 157 Å². The molecule has 0 aliphatic carbocycles. The molecule has 7 heteroatoms. The summed E-state index contributed by atoms with van der Waals surface area (Å²) in [4.78, 5) is 12.0. The molecule has 2 aromatic carbocycles. The number of ether oxygens (including phenoxy) is 2. The first-order valence-electron chi connectivity index (χ1n) is 7.68. The van der Waals surface area contributed by atoms with Gasteiger partial charge in [0.1, 0.15) is 18.1 Å². The molecular weight excluding hydrogens is 363 g/mol. The number of urea groups is 1. The predicted octanol–water partition coefficient (Wildman–Crippen LogP) is 4.82. The smallest absolute Gasteiger partial charge is 0.319 e. The van der Waals surface area contributed by atoms with E-state index in [1.54, 1.807) is 18.2 Å². The van der Waals surface area contributed by atoms with E-state index >= 15 is 0 Å². The van der Waals surface area contributed by atoms with Crippen molar-refractivity contribution in [1.29, 1.82) is 0 Å². The molecule has 0 radical (unpaired) electrons. The lowest BCUT2D eigenvalue weighted by Gasteiger charge is -2.13. The number of anilines is 1. The number of carbonyl (C=O) groups excluding carboxylic acids is 1. The maximum atomic E-state index is 12.0. The molecule has 0 fully saturated rings. The number of hydrogen-bond donors (Lipinski definition) is 2. The molecule has 0 saturated carbocycles. The van der Waals surface area contributed by atoms with Crippen LogP contribution >= 0.6 is 23.2 Å². The van der Waals surface area contributed by atoms with Crippen molar-refractivity contribution >= 4 is 34.9 Å². The quantitative estimate of drug-likeness (QED) is 0.704. The standard InChI is InChI=1S/C18H20Cl2N2O3/c1-11-4-5-13(19)16(8-11)25-7-6-21-18(23)22-15-9-12(2)14(20)10-17(15)24-3/h4-5,8-10H,6-7H2,1-3H3,(H2,21,22,23). The average molecular weight is 383 g/mol. The van der Waals surface area contributed by atoms with E-state index < -0.39 is 0 Å². The molecular formula is C18H20Cl2N2O3. The number of carbonyl (C=O) groups is 1. The van der Waals surface area contributed by atoms with Gasteiger partial charge in [0.25, 0.3) is 0 Å². The molecule has 0 aliphatic heterocycles. The lowest BCUT2D eigenvalue weighted by atomic mass is 10.2. The second-order valence-electron chi connectivity index (χ2n) is 5.46. The molecule has 2 rings (SSSR count). The fraction of sp³-hybridized carbons (Fsp3) is 0.278. The zero-order valence-corrected chi connectivity index (χ0v) is 15.8. The second kappa shape index (κ2) is 8.83.